The molecule has 0 radical (unpaired) electrons. The lowest BCUT2D eigenvalue weighted by molar-refractivity contribution is -0.150. The van der Waals surface area contributed by atoms with Crippen molar-refractivity contribution < 1.29 is 33.7 Å². The molecule has 0 atom stereocenters. The molecule has 0 saturated carbocycles. The highest BCUT2D eigenvalue weighted by Gasteiger charge is 2.27. The van der Waals surface area contributed by atoms with E-state index in [2.05, 4.69) is 50.1 Å². The van der Waals surface area contributed by atoms with Gasteiger partial charge in [0.1, 0.15) is 0 Å². The first-order chi connectivity index (χ1) is 31.3. The Morgan fingerprint density at radius 1 is 0.469 bits per heavy atom. The SMILES string of the molecule is CCCCCC/C=C\CCCCCCCC(=O)OCCCCCCC(O)(CCCCCCOC(=O)CCCCCCC/C=C\CCCCCC)CCCCOC(=O)C1CCN(C)CC1. The molecule has 0 spiro atoms. The molecular weight excluding hydrogens is 799 g/mol. The molecule has 1 fully saturated rings. The summed E-state index contributed by atoms with van der Waals surface area (Å²) in [7, 11) is 2.10. The highest BCUT2D eigenvalue weighted by atomic mass is 16.5. The first-order valence-corrected chi connectivity index (χ1v) is 27.5. The van der Waals surface area contributed by atoms with Crippen LogP contribution in [0.25, 0.3) is 0 Å². The fourth-order valence-electron chi connectivity index (χ4n) is 8.77. The molecule has 1 N–H and O–H groups in total. The molecule has 1 aliphatic rings. The average Bonchev–Trinajstić information content (AvgIpc) is 3.29. The van der Waals surface area contributed by atoms with Gasteiger partial charge in [0, 0.05) is 12.8 Å². The fraction of sp³-hybridized carbons (Fsp3) is 0.875. The normalized spacial score (nSPS) is 13.9. The zero-order chi connectivity index (χ0) is 46.4. The standard InChI is InChI=1S/C56H103NO7/c1-4-6-8-10-12-14-16-18-20-22-24-26-32-40-53(58)62-49-37-30-28-34-44-56(61,46-36-39-51-64-55(60)52-42-47-57(3)48-43-52)45-35-29-31-38-50-63-54(59)41-33-27-25-23-21-19-17-15-13-11-9-7-5-2/h14-17,52,61H,4-13,18-51H2,1-3H3/b16-14-,17-15-. The van der Waals surface area contributed by atoms with E-state index in [1.807, 2.05) is 0 Å². The summed E-state index contributed by atoms with van der Waals surface area (Å²) in [6.07, 6.45) is 50.3. The van der Waals surface area contributed by atoms with E-state index in [0.29, 0.717) is 39.1 Å². The maximum absolute atomic E-state index is 12.6. The van der Waals surface area contributed by atoms with Crippen molar-refractivity contribution >= 4 is 17.9 Å². The lowest BCUT2D eigenvalue weighted by Crippen LogP contribution is -2.34. The molecule has 0 bridgehead atoms. The van der Waals surface area contributed by atoms with Gasteiger partial charge in [-0.15, -0.1) is 0 Å². The number of likely N-dealkylation sites (tertiary alicyclic amines) is 1. The Bertz CT molecular complexity index is 1070. The van der Waals surface area contributed by atoms with Gasteiger partial charge < -0.3 is 24.2 Å². The van der Waals surface area contributed by atoms with E-state index in [-0.39, 0.29) is 23.8 Å². The maximum Gasteiger partial charge on any atom is 0.309 e. The largest absolute Gasteiger partial charge is 0.466 e. The maximum atomic E-state index is 12.6. The summed E-state index contributed by atoms with van der Waals surface area (Å²) in [5.74, 6) is -0.183. The van der Waals surface area contributed by atoms with E-state index in [0.717, 1.165) is 129 Å². The third-order valence-corrected chi connectivity index (χ3v) is 13.2. The van der Waals surface area contributed by atoms with Crippen LogP contribution in [0, 0.1) is 5.92 Å². The molecule has 0 unspecified atom stereocenters. The molecule has 0 aromatic carbocycles. The molecule has 0 aromatic heterocycles. The van der Waals surface area contributed by atoms with E-state index in [1.165, 1.54) is 116 Å². The van der Waals surface area contributed by atoms with Crippen LogP contribution in [-0.4, -0.2) is 73.5 Å². The van der Waals surface area contributed by atoms with E-state index in [4.69, 9.17) is 14.2 Å². The number of ether oxygens (including phenoxy) is 3. The number of carbonyl (C=O) groups excluding carboxylic acids is 3. The van der Waals surface area contributed by atoms with Crippen molar-refractivity contribution in [2.24, 2.45) is 5.92 Å². The number of carbonyl (C=O) groups is 3. The number of hydrogen-bond acceptors (Lipinski definition) is 8. The lowest BCUT2D eigenvalue weighted by atomic mass is 9.85. The minimum absolute atomic E-state index is 0.0182. The summed E-state index contributed by atoms with van der Waals surface area (Å²) in [6.45, 7) is 7.79. The van der Waals surface area contributed by atoms with Crippen molar-refractivity contribution in [3.63, 3.8) is 0 Å². The number of allylic oxidation sites excluding steroid dienone is 4. The van der Waals surface area contributed by atoms with Gasteiger partial charge >= 0.3 is 17.9 Å². The van der Waals surface area contributed by atoms with Crippen molar-refractivity contribution in [2.45, 2.75) is 270 Å². The number of nitrogens with zero attached hydrogens (tertiary/aromatic N) is 1. The van der Waals surface area contributed by atoms with Crippen LogP contribution in [-0.2, 0) is 28.6 Å². The van der Waals surface area contributed by atoms with Crippen molar-refractivity contribution in [1.29, 1.82) is 0 Å². The highest BCUT2D eigenvalue weighted by molar-refractivity contribution is 5.72. The van der Waals surface area contributed by atoms with Gasteiger partial charge in [0.25, 0.3) is 0 Å². The number of aliphatic hydroxyl groups is 1. The second kappa shape index (κ2) is 44.6. The van der Waals surface area contributed by atoms with Crippen LogP contribution in [0.15, 0.2) is 24.3 Å². The first-order valence-electron chi connectivity index (χ1n) is 27.5. The second-order valence-electron chi connectivity index (χ2n) is 19.5. The molecule has 0 aliphatic carbocycles. The van der Waals surface area contributed by atoms with E-state index < -0.39 is 5.60 Å². The summed E-state index contributed by atoms with van der Waals surface area (Å²) >= 11 is 0. The summed E-state index contributed by atoms with van der Waals surface area (Å²) in [6, 6.07) is 0. The van der Waals surface area contributed by atoms with Crippen LogP contribution in [0.2, 0.25) is 0 Å². The molecule has 0 aromatic rings. The summed E-state index contributed by atoms with van der Waals surface area (Å²) in [4.78, 5) is 39.3. The molecule has 8 nitrogen and oxygen atoms in total. The van der Waals surface area contributed by atoms with Crippen LogP contribution in [0.3, 0.4) is 0 Å². The Kier molecular flexibility index (Phi) is 41.7. The van der Waals surface area contributed by atoms with Gasteiger partial charge in [-0.05, 0) is 142 Å². The number of rotatable bonds is 46. The molecule has 1 rings (SSSR count). The minimum Gasteiger partial charge on any atom is -0.466 e. The zero-order valence-electron chi connectivity index (χ0n) is 42.3. The number of esters is 3. The van der Waals surface area contributed by atoms with E-state index >= 15 is 0 Å². The Balaban J connectivity index is 2.22. The van der Waals surface area contributed by atoms with Crippen LogP contribution in [0.5, 0.6) is 0 Å². The summed E-state index contributed by atoms with van der Waals surface area (Å²) in [5, 5.41) is 11.8. The van der Waals surface area contributed by atoms with Crippen LogP contribution in [0.1, 0.15) is 264 Å². The van der Waals surface area contributed by atoms with Crippen LogP contribution < -0.4 is 0 Å². The van der Waals surface area contributed by atoms with Crippen molar-refractivity contribution in [3.05, 3.63) is 24.3 Å². The highest BCUT2D eigenvalue weighted by Crippen LogP contribution is 2.29. The smallest absolute Gasteiger partial charge is 0.309 e. The van der Waals surface area contributed by atoms with Gasteiger partial charge in [-0.2, -0.15) is 0 Å². The Morgan fingerprint density at radius 3 is 1.23 bits per heavy atom. The van der Waals surface area contributed by atoms with Gasteiger partial charge in [0.15, 0.2) is 0 Å². The number of unbranched alkanes of at least 4 members (excludes halogenated alkanes) is 25. The summed E-state index contributed by atoms with van der Waals surface area (Å²) in [5.41, 5.74) is -0.730. The van der Waals surface area contributed by atoms with Crippen molar-refractivity contribution in [2.75, 3.05) is 40.0 Å². The Hall–Kier alpha value is -2.19. The van der Waals surface area contributed by atoms with Gasteiger partial charge in [0.2, 0.25) is 0 Å². The topological polar surface area (TPSA) is 102 Å². The second-order valence-corrected chi connectivity index (χ2v) is 19.5. The molecule has 8 heteroatoms. The number of hydrogen-bond donors (Lipinski definition) is 1. The van der Waals surface area contributed by atoms with Crippen LogP contribution >= 0.6 is 0 Å². The van der Waals surface area contributed by atoms with Gasteiger partial charge in [-0.25, -0.2) is 0 Å². The van der Waals surface area contributed by atoms with Crippen LogP contribution in [0.4, 0.5) is 0 Å². The number of piperidine rings is 1. The lowest BCUT2D eigenvalue weighted by Gasteiger charge is -2.29. The molecule has 1 aliphatic heterocycles. The molecule has 1 heterocycles. The zero-order valence-corrected chi connectivity index (χ0v) is 42.3. The van der Waals surface area contributed by atoms with Gasteiger partial charge in [-0.1, -0.05) is 154 Å². The summed E-state index contributed by atoms with van der Waals surface area (Å²) < 4.78 is 16.7. The third-order valence-electron chi connectivity index (χ3n) is 13.2. The predicted octanol–water partition coefficient (Wildman–Crippen LogP) is 15.3. The quantitative estimate of drug-likeness (QED) is 0.0279. The van der Waals surface area contributed by atoms with E-state index in [1.54, 1.807) is 0 Å². The molecule has 0 amide bonds. The van der Waals surface area contributed by atoms with Crippen molar-refractivity contribution in [3.8, 4) is 0 Å². The Morgan fingerprint density at radius 2 is 0.797 bits per heavy atom. The fourth-order valence-corrected chi connectivity index (χ4v) is 8.77. The molecule has 374 valence electrons. The Labute approximate surface area is 395 Å². The predicted molar refractivity (Wildman–Crippen MR) is 269 cm³/mol. The molecular formula is C56H103NO7. The van der Waals surface area contributed by atoms with E-state index in [9.17, 15) is 19.5 Å². The third kappa shape index (κ3) is 39.0. The first kappa shape index (κ1) is 59.8. The van der Waals surface area contributed by atoms with Gasteiger partial charge in [-0.3, -0.25) is 14.4 Å². The monoisotopic (exact) mass is 902 g/mol. The average molecular weight is 902 g/mol. The van der Waals surface area contributed by atoms with Gasteiger partial charge in [0.05, 0.1) is 31.3 Å². The molecule has 1 saturated heterocycles. The minimum atomic E-state index is -0.730. The molecule has 64 heavy (non-hydrogen) atoms. The van der Waals surface area contributed by atoms with Crippen molar-refractivity contribution in [1.82, 2.24) is 4.90 Å².